The van der Waals surface area contributed by atoms with Gasteiger partial charge in [0.25, 0.3) is 0 Å². The van der Waals surface area contributed by atoms with Crippen LogP contribution in [0.3, 0.4) is 0 Å². The highest BCUT2D eigenvalue weighted by Crippen LogP contribution is 2.24. The minimum Gasteiger partial charge on any atom is -0.436 e. The number of nitrogens with zero attached hydrogens (tertiary/aromatic N) is 2. The SMILES string of the molecule is CCNc1cc(Oc2ccccc2F)nc(CC)n1. The van der Waals surface area contributed by atoms with E-state index in [0.29, 0.717) is 23.9 Å². The van der Waals surface area contributed by atoms with Crippen molar-refractivity contribution >= 4 is 5.82 Å². The monoisotopic (exact) mass is 261 g/mol. The van der Waals surface area contributed by atoms with Crippen LogP contribution < -0.4 is 10.1 Å². The lowest BCUT2D eigenvalue weighted by molar-refractivity contribution is 0.425. The number of para-hydroxylation sites is 1. The van der Waals surface area contributed by atoms with Gasteiger partial charge in [-0.2, -0.15) is 4.98 Å². The topological polar surface area (TPSA) is 47.0 Å². The Balaban J connectivity index is 2.29. The zero-order chi connectivity index (χ0) is 13.7. The van der Waals surface area contributed by atoms with Crippen LogP contribution in [-0.2, 0) is 6.42 Å². The lowest BCUT2D eigenvalue weighted by atomic mass is 10.3. The average Bonchev–Trinajstić information content (AvgIpc) is 2.41. The molecular formula is C14H16FN3O. The predicted molar refractivity (Wildman–Crippen MR) is 72.0 cm³/mol. The summed E-state index contributed by atoms with van der Waals surface area (Å²) in [4.78, 5) is 8.54. The number of halogens is 1. The number of ether oxygens (including phenoxy) is 1. The van der Waals surface area contributed by atoms with Crippen molar-refractivity contribution in [1.82, 2.24) is 9.97 Å². The Morgan fingerprint density at radius 2 is 2.00 bits per heavy atom. The van der Waals surface area contributed by atoms with Crippen LogP contribution in [0, 0.1) is 5.82 Å². The molecule has 0 atom stereocenters. The summed E-state index contributed by atoms with van der Waals surface area (Å²) in [5.74, 6) is 1.42. The van der Waals surface area contributed by atoms with Crippen molar-refractivity contribution in [2.24, 2.45) is 0 Å². The summed E-state index contributed by atoms with van der Waals surface area (Å²) in [6.45, 7) is 4.68. The molecular weight excluding hydrogens is 245 g/mol. The first-order valence-electron chi connectivity index (χ1n) is 6.27. The van der Waals surface area contributed by atoms with E-state index in [9.17, 15) is 4.39 Å². The van der Waals surface area contributed by atoms with Crippen molar-refractivity contribution in [2.45, 2.75) is 20.3 Å². The van der Waals surface area contributed by atoms with E-state index in [-0.39, 0.29) is 5.75 Å². The first kappa shape index (κ1) is 13.3. The van der Waals surface area contributed by atoms with Crippen LogP contribution in [0.2, 0.25) is 0 Å². The quantitative estimate of drug-likeness (QED) is 0.896. The van der Waals surface area contributed by atoms with Crippen molar-refractivity contribution in [1.29, 1.82) is 0 Å². The summed E-state index contributed by atoms with van der Waals surface area (Å²) < 4.78 is 19.0. The molecule has 0 radical (unpaired) electrons. The maximum absolute atomic E-state index is 13.5. The van der Waals surface area contributed by atoms with Gasteiger partial charge in [0.05, 0.1) is 0 Å². The normalized spacial score (nSPS) is 10.3. The second-order valence-electron chi connectivity index (χ2n) is 3.92. The number of hydrogen-bond acceptors (Lipinski definition) is 4. The van der Waals surface area contributed by atoms with Crippen molar-refractivity contribution in [3.05, 3.63) is 42.0 Å². The number of nitrogens with one attached hydrogen (secondary N) is 1. The first-order chi connectivity index (χ1) is 9.22. The third-order valence-electron chi connectivity index (χ3n) is 2.47. The molecule has 0 aliphatic rings. The van der Waals surface area contributed by atoms with Gasteiger partial charge in [-0.3, -0.25) is 0 Å². The van der Waals surface area contributed by atoms with Gasteiger partial charge in [0.2, 0.25) is 5.88 Å². The number of aryl methyl sites for hydroxylation is 1. The van der Waals surface area contributed by atoms with Gasteiger partial charge in [-0.05, 0) is 19.1 Å². The van der Waals surface area contributed by atoms with E-state index in [1.165, 1.54) is 6.07 Å². The molecule has 0 aliphatic carbocycles. The van der Waals surface area contributed by atoms with Crippen molar-refractivity contribution in [2.75, 3.05) is 11.9 Å². The highest BCUT2D eigenvalue weighted by atomic mass is 19.1. The molecule has 0 aliphatic heterocycles. The molecule has 1 aromatic heterocycles. The van der Waals surface area contributed by atoms with E-state index in [2.05, 4.69) is 15.3 Å². The van der Waals surface area contributed by atoms with E-state index < -0.39 is 5.82 Å². The number of anilines is 1. The Bertz CT molecular complexity index is 560. The Hall–Kier alpha value is -2.17. The number of rotatable bonds is 5. The second-order valence-corrected chi connectivity index (χ2v) is 3.92. The maximum Gasteiger partial charge on any atom is 0.224 e. The number of benzene rings is 1. The summed E-state index contributed by atoms with van der Waals surface area (Å²) >= 11 is 0. The van der Waals surface area contributed by atoms with Gasteiger partial charge in [-0.1, -0.05) is 19.1 Å². The number of hydrogen-bond donors (Lipinski definition) is 1. The molecule has 2 rings (SSSR count). The van der Waals surface area contributed by atoms with Crippen LogP contribution >= 0.6 is 0 Å². The van der Waals surface area contributed by atoms with Crippen LogP contribution in [0.25, 0.3) is 0 Å². The van der Waals surface area contributed by atoms with Gasteiger partial charge in [-0.15, -0.1) is 0 Å². The lowest BCUT2D eigenvalue weighted by Crippen LogP contribution is -2.04. The minimum absolute atomic E-state index is 0.158. The van der Waals surface area contributed by atoms with Crippen LogP contribution in [-0.4, -0.2) is 16.5 Å². The fourth-order valence-corrected chi connectivity index (χ4v) is 1.59. The van der Waals surface area contributed by atoms with Gasteiger partial charge < -0.3 is 10.1 Å². The molecule has 0 amide bonds. The largest absolute Gasteiger partial charge is 0.436 e. The van der Waals surface area contributed by atoms with Crippen LogP contribution in [0.4, 0.5) is 10.2 Å². The van der Waals surface area contributed by atoms with Gasteiger partial charge in [0.1, 0.15) is 11.6 Å². The zero-order valence-corrected chi connectivity index (χ0v) is 11.0. The molecule has 0 saturated carbocycles. The van der Waals surface area contributed by atoms with E-state index in [4.69, 9.17) is 4.74 Å². The lowest BCUT2D eigenvalue weighted by Gasteiger charge is -2.09. The van der Waals surface area contributed by atoms with E-state index >= 15 is 0 Å². The van der Waals surface area contributed by atoms with Gasteiger partial charge in [0.15, 0.2) is 11.6 Å². The average molecular weight is 261 g/mol. The van der Waals surface area contributed by atoms with Crippen molar-refractivity contribution in [3.8, 4) is 11.6 Å². The summed E-state index contributed by atoms with van der Waals surface area (Å²) in [7, 11) is 0. The Morgan fingerprint density at radius 1 is 1.21 bits per heavy atom. The molecule has 19 heavy (non-hydrogen) atoms. The Labute approximate surface area is 111 Å². The third-order valence-corrected chi connectivity index (χ3v) is 2.47. The smallest absolute Gasteiger partial charge is 0.224 e. The van der Waals surface area contributed by atoms with E-state index in [0.717, 1.165) is 6.54 Å². The highest BCUT2D eigenvalue weighted by Gasteiger charge is 2.08. The van der Waals surface area contributed by atoms with E-state index in [1.54, 1.807) is 24.3 Å². The molecule has 5 heteroatoms. The fraction of sp³-hybridized carbons (Fsp3) is 0.286. The molecule has 2 aromatic rings. The van der Waals surface area contributed by atoms with Crippen LogP contribution in [0.5, 0.6) is 11.6 Å². The highest BCUT2D eigenvalue weighted by molar-refractivity contribution is 5.40. The molecule has 0 bridgehead atoms. The van der Waals surface area contributed by atoms with Crippen molar-refractivity contribution < 1.29 is 9.13 Å². The molecule has 0 saturated heterocycles. The van der Waals surface area contributed by atoms with Crippen LogP contribution in [0.1, 0.15) is 19.7 Å². The third kappa shape index (κ3) is 3.40. The summed E-state index contributed by atoms with van der Waals surface area (Å²) in [6.07, 6.45) is 0.687. The van der Waals surface area contributed by atoms with E-state index in [1.807, 2.05) is 13.8 Å². The molecule has 1 aromatic carbocycles. The Kier molecular flexibility index (Phi) is 4.28. The molecule has 100 valence electrons. The summed E-state index contributed by atoms with van der Waals surface area (Å²) in [5, 5.41) is 3.10. The molecule has 4 nitrogen and oxygen atoms in total. The minimum atomic E-state index is -0.413. The predicted octanol–water partition coefficient (Wildman–Crippen LogP) is 3.40. The van der Waals surface area contributed by atoms with Crippen LogP contribution in [0.15, 0.2) is 30.3 Å². The zero-order valence-electron chi connectivity index (χ0n) is 11.0. The molecule has 1 N–H and O–H groups in total. The Morgan fingerprint density at radius 3 is 2.68 bits per heavy atom. The molecule has 0 spiro atoms. The molecule has 0 unspecified atom stereocenters. The molecule has 0 fully saturated rings. The summed E-state index contributed by atoms with van der Waals surface area (Å²) in [5.41, 5.74) is 0. The first-order valence-corrected chi connectivity index (χ1v) is 6.27. The van der Waals surface area contributed by atoms with Gasteiger partial charge in [-0.25, -0.2) is 9.37 Å². The standard InChI is InChI=1S/C14H16FN3O/c1-3-12-17-13(16-4-2)9-14(18-12)19-11-8-6-5-7-10(11)15/h5-9H,3-4H2,1-2H3,(H,16,17,18). The maximum atomic E-state index is 13.5. The molecule has 1 heterocycles. The summed E-state index contributed by atoms with van der Waals surface area (Å²) in [6, 6.07) is 7.91. The fourth-order valence-electron chi connectivity index (χ4n) is 1.59. The second kappa shape index (κ2) is 6.13. The van der Waals surface area contributed by atoms with Crippen molar-refractivity contribution in [3.63, 3.8) is 0 Å². The van der Waals surface area contributed by atoms with Gasteiger partial charge in [0, 0.05) is 19.0 Å². The number of aromatic nitrogens is 2. The van der Waals surface area contributed by atoms with Gasteiger partial charge >= 0.3 is 0 Å².